The third-order valence-corrected chi connectivity index (χ3v) is 4.94. The van der Waals surface area contributed by atoms with Gasteiger partial charge in [0.25, 0.3) is 0 Å². The van der Waals surface area contributed by atoms with Crippen LogP contribution in [0.2, 0.25) is 0 Å². The number of carbonyl (C=O) groups is 1. The number of rotatable bonds is 4. The van der Waals surface area contributed by atoms with E-state index >= 15 is 0 Å². The van der Waals surface area contributed by atoms with Gasteiger partial charge < -0.3 is 5.11 Å². The van der Waals surface area contributed by atoms with Gasteiger partial charge in [-0.25, -0.2) is 4.98 Å². The number of fused-ring (bicyclic) bond motifs is 1. The molecule has 0 spiro atoms. The van der Waals surface area contributed by atoms with Crippen molar-refractivity contribution in [2.45, 2.75) is 5.16 Å². The van der Waals surface area contributed by atoms with Crippen LogP contribution in [0.5, 0.6) is 0 Å². The molecular formula is C13H9IN2O2S2. The second-order valence-corrected chi connectivity index (χ2v) is 6.99. The van der Waals surface area contributed by atoms with Gasteiger partial charge in [-0.15, -0.1) is 0 Å². The van der Waals surface area contributed by atoms with Crippen LogP contribution in [0.15, 0.2) is 40.2 Å². The van der Waals surface area contributed by atoms with Crippen molar-refractivity contribution in [1.82, 2.24) is 9.55 Å². The third kappa shape index (κ3) is 2.70. The van der Waals surface area contributed by atoms with Crippen LogP contribution in [-0.2, 0) is 4.79 Å². The Morgan fingerprint density at radius 2 is 2.30 bits per heavy atom. The molecule has 0 bridgehead atoms. The first-order valence-corrected chi connectivity index (χ1v) is 8.71. The number of imidazole rings is 1. The summed E-state index contributed by atoms with van der Waals surface area (Å²) >= 11 is 5.09. The Labute approximate surface area is 137 Å². The van der Waals surface area contributed by atoms with Crippen LogP contribution >= 0.6 is 45.7 Å². The Balaban J connectivity index is 2.16. The SMILES string of the molecule is O=C(O)CSc1nc2cc(I)ccc2n1-c1ccsc1. The summed E-state index contributed by atoms with van der Waals surface area (Å²) in [5, 5.41) is 13.6. The van der Waals surface area contributed by atoms with E-state index in [2.05, 4.69) is 27.6 Å². The molecule has 3 rings (SSSR count). The lowest BCUT2D eigenvalue weighted by atomic mass is 10.3. The van der Waals surface area contributed by atoms with Gasteiger partial charge >= 0.3 is 5.97 Å². The molecule has 0 aliphatic rings. The maximum absolute atomic E-state index is 10.8. The molecule has 3 aromatic rings. The van der Waals surface area contributed by atoms with E-state index in [1.807, 2.05) is 39.6 Å². The molecule has 0 saturated heterocycles. The minimum absolute atomic E-state index is 0.00452. The molecule has 0 aliphatic carbocycles. The van der Waals surface area contributed by atoms with Gasteiger partial charge in [0.2, 0.25) is 0 Å². The molecule has 0 amide bonds. The number of carboxylic acids is 1. The molecule has 0 radical (unpaired) electrons. The van der Waals surface area contributed by atoms with E-state index < -0.39 is 5.97 Å². The average Bonchev–Trinajstić information content (AvgIpc) is 3.01. The molecule has 0 fully saturated rings. The summed E-state index contributed by atoms with van der Waals surface area (Å²) in [6.45, 7) is 0. The zero-order valence-corrected chi connectivity index (χ0v) is 13.9. The highest BCUT2D eigenvalue weighted by molar-refractivity contribution is 14.1. The van der Waals surface area contributed by atoms with Crippen molar-refractivity contribution in [3.8, 4) is 5.69 Å². The number of nitrogens with zero attached hydrogens (tertiary/aromatic N) is 2. The maximum atomic E-state index is 10.8. The van der Waals surface area contributed by atoms with E-state index in [4.69, 9.17) is 5.11 Å². The molecular weight excluding hydrogens is 407 g/mol. The number of aliphatic carboxylic acids is 1. The second kappa shape index (κ2) is 5.74. The Morgan fingerprint density at radius 1 is 1.45 bits per heavy atom. The molecule has 20 heavy (non-hydrogen) atoms. The first-order chi connectivity index (χ1) is 9.65. The van der Waals surface area contributed by atoms with Gasteiger partial charge in [0.1, 0.15) is 0 Å². The number of carboxylic acid groups (broad SMARTS) is 1. The van der Waals surface area contributed by atoms with Crippen LogP contribution in [0.1, 0.15) is 0 Å². The molecule has 0 unspecified atom stereocenters. The van der Waals surface area contributed by atoms with E-state index in [0.717, 1.165) is 20.3 Å². The summed E-state index contributed by atoms with van der Waals surface area (Å²) in [6.07, 6.45) is 0. The molecule has 0 aliphatic heterocycles. The third-order valence-electron chi connectivity index (χ3n) is 2.67. The van der Waals surface area contributed by atoms with Gasteiger partial charge in [-0.3, -0.25) is 9.36 Å². The highest BCUT2D eigenvalue weighted by atomic mass is 127. The number of thiophene rings is 1. The van der Waals surface area contributed by atoms with E-state index in [0.29, 0.717) is 5.16 Å². The molecule has 0 atom stereocenters. The minimum Gasteiger partial charge on any atom is -0.481 e. The van der Waals surface area contributed by atoms with Crippen LogP contribution in [0, 0.1) is 3.57 Å². The molecule has 102 valence electrons. The standard InChI is InChI=1S/C13H9IN2O2S2/c14-8-1-2-11-10(5-8)15-13(20-7-12(17)18)16(11)9-3-4-19-6-9/h1-6H,7H2,(H,17,18). The molecule has 0 saturated carbocycles. The lowest BCUT2D eigenvalue weighted by Gasteiger charge is -2.05. The normalized spacial score (nSPS) is 11.1. The van der Waals surface area contributed by atoms with Gasteiger partial charge in [0.05, 0.1) is 22.5 Å². The second-order valence-electron chi connectivity index (χ2n) is 4.03. The highest BCUT2D eigenvalue weighted by Gasteiger charge is 2.14. The summed E-state index contributed by atoms with van der Waals surface area (Å²) in [6, 6.07) is 8.06. The minimum atomic E-state index is -0.839. The van der Waals surface area contributed by atoms with Crippen LogP contribution < -0.4 is 0 Å². The van der Waals surface area contributed by atoms with Gasteiger partial charge in [-0.05, 0) is 52.2 Å². The summed E-state index contributed by atoms with van der Waals surface area (Å²) in [5.41, 5.74) is 2.90. The van der Waals surface area contributed by atoms with Crippen LogP contribution in [0.3, 0.4) is 0 Å². The number of hydrogen-bond acceptors (Lipinski definition) is 4. The zero-order valence-electron chi connectivity index (χ0n) is 10.1. The van der Waals surface area contributed by atoms with Gasteiger partial charge in [-0.2, -0.15) is 11.3 Å². The molecule has 4 nitrogen and oxygen atoms in total. The van der Waals surface area contributed by atoms with E-state index in [-0.39, 0.29) is 5.75 Å². The summed E-state index contributed by atoms with van der Waals surface area (Å²) in [5.74, 6) is -0.835. The van der Waals surface area contributed by atoms with Crippen molar-refractivity contribution in [3.63, 3.8) is 0 Å². The Morgan fingerprint density at radius 3 is 3.00 bits per heavy atom. The lowest BCUT2D eigenvalue weighted by Crippen LogP contribution is -2.01. The van der Waals surface area contributed by atoms with Crippen molar-refractivity contribution in [3.05, 3.63) is 38.6 Å². The maximum Gasteiger partial charge on any atom is 0.313 e. The Bertz CT molecular complexity index is 768. The highest BCUT2D eigenvalue weighted by Crippen LogP contribution is 2.29. The van der Waals surface area contributed by atoms with E-state index in [1.165, 1.54) is 11.8 Å². The smallest absolute Gasteiger partial charge is 0.313 e. The van der Waals surface area contributed by atoms with E-state index in [1.54, 1.807) is 11.3 Å². The number of thioether (sulfide) groups is 1. The van der Waals surface area contributed by atoms with Crippen molar-refractivity contribution in [1.29, 1.82) is 0 Å². The lowest BCUT2D eigenvalue weighted by molar-refractivity contribution is -0.133. The van der Waals surface area contributed by atoms with Gasteiger partial charge in [0.15, 0.2) is 5.16 Å². The van der Waals surface area contributed by atoms with E-state index in [9.17, 15) is 4.79 Å². The fourth-order valence-electron chi connectivity index (χ4n) is 1.89. The zero-order chi connectivity index (χ0) is 14.1. The van der Waals surface area contributed by atoms with Crippen molar-refractivity contribution >= 4 is 62.7 Å². The number of halogens is 1. The molecule has 7 heteroatoms. The molecule has 1 N–H and O–H groups in total. The predicted molar refractivity (Wildman–Crippen MR) is 90.0 cm³/mol. The van der Waals surface area contributed by atoms with Crippen molar-refractivity contribution < 1.29 is 9.90 Å². The summed E-state index contributed by atoms with van der Waals surface area (Å²) in [4.78, 5) is 15.3. The quantitative estimate of drug-likeness (QED) is 0.519. The fraction of sp³-hybridized carbons (Fsp3) is 0.0769. The summed E-state index contributed by atoms with van der Waals surface area (Å²) < 4.78 is 3.12. The van der Waals surface area contributed by atoms with Gasteiger partial charge in [0, 0.05) is 8.95 Å². The monoisotopic (exact) mass is 416 g/mol. The fourth-order valence-corrected chi connectivity index (χ4v) is 3.73. The van der Waals surface area contributed by atoms with Crippen molar-refractivity contribution in [2.24, 2.45) is 0 Å². The first-order valence-electron chi connectivity index (χ1n) is 5.70. The molecule has 2 heterocycles. The number of aromatic nitrogens is 2. The average molecular weight is 416 g/mol. The Hall–Kier alpha value is -1.06. The van der Waals surface area contributed by atoms with Crippen LogP contribution in [0.4, 0.5) is 0 Å². The Kier molecular flexibility index (Phi) is 3.99. The van der Waals surface area contributed by atoms with Gasteiger partial charge in [-0.1, -0.05) is 11.8 Å². The first kappa shape index (κ1) is 13.9. The largest absolute Gasteiger partial charge is 0.481 e. The number of benzene rings is 1. The van der Waals surface area contributed by atoms with Crippen LogP contribution in [-0.4, -0.2) is 26.4 Å². The van der Waals surface area contributed by atoms with Crippen molar-refractivity contribution in [2.75, 3.05) is 5.75 Å². The predicted octanol–water partition coefficient (Wildman–Crippen LogP) is 3.87. The molecule has 1 aromatic carbocycles. The van der Waals surface area contributed by atoms with Crippen LogP contribution in [0.25, 0.3) is 16.7 Å². The summed E-state index contributed by atoms with van der Waals surface area (Å²) in [7, 11) is 0. The molecule has 2 aromatic heterocycles. The topological polar surface area (TPSA) is 55.1 Å². The number of hydrogen-bond donors (Lipinski definition) is 1.